The molecule has 0 radical (unpaired) electrons. The van der Waals surface area contributed by atoms with Crippen LogP contribution >= 0.6 is 23.2 Å². The van der Waals surface area contributed by atoms with Gasteiger partial charge in [-0.2, -0.15) is 0 Å². The molecule has 4 nitrogen and oxygen atoms in total. The van der Waals surface area contributed by atoms with Crippen LogP contribution in [0.5, 0.6) is 0 Å². The van der Waals surface area contributed by atoms with Crippen molar-refractivity contribution in [1.82, 2.24) is 9.71 Å². The van der Waals surface area contributed by atoms with Gasteiger partial charge in [-0.1, -0.05) is 35.3 Å². The van der Waals surface area contributed by atoms with Crippen molar-refractivity contribution in [3.63, 3.8) is 0 Å². The van der Waals surface area contributed by atoms with Crippen molar-refractivity contribution in [1.29, 1.82) is 0 Å². The van der Waals surface area contributed by atoms with E-state index in [1.807, 2.05) is 12.1 Å². The van der Waals surface area contributed by atoms with Gasteiger partial charge in [0.15, 0.2) is 0 Å². The molecule has 1 aliphatic rings. The summed E-state index contributed by atoms with van der Waals surface area (Å²) in [4.78, 5) is 3.93. The Morgan fingerprint density at radius 1 is 1.09 bits per heavy atom. The predicted molar refractivity (Wildman–Crippen MR) is 86.5 cm³/mol. The molecule has 0 unspecified atom stereocenters. The minimum absolute atomic E-state index is 0.108. The maximum absolute atomic E-state index is 12.5. The molecule has 1 atom stereocenters. The second kappa shape index (κ2) is 6.16. The lowest BCUT2D eigenvalue weighted by Crippen LogP contribution is -2.30. The van der Waals surface area contributed by atoms with Crippen LogP contribution in [-0.4, -0.2) is 13.4 Å². The third-order valence-corrected chi connectivity index (χ3v) is 5.52. The lowest BCUT2D eigenvalue weighted by Gasteiger charge is -2.19. The van der Waals surface area contributed by atoms with Crippen molar-refractivity contribution < 1.29 is 8.42 Å². The van der Waals surface area contributed by atoms with Gasteiger partial charge in [-0.25, -0.2) is 18.1 Å². The van der Waals surface area contributed by atoms with Crippen molar-refractivity contribution in [3.8, 4) is 0 Å². The minimum atomic E-state index is -3.64. The van der Waals surface area contributed by atoms with Crippen molar-refractivity contribution in [2.45, 2.75) is 23.8 Å². The maximum Gasteiger partial charge on any atom is 0.242 e. The summed E-state index contributed by atoms with van der Waals surface area (Å²) < 4.78 is 27.8. The second-order valence-electron chi connectivity index (χ2n) is 5.30. The maximum atomic E-state index is 12.5. The van der Waals surface area contributed by atoms with E-state index in [9.17, 15) is 8.42 Å². The van der Waals surface area contributed by atoms with Gasteiger partial charge in [-0.15, -0.1) is 0 Å². The zero-order valence-electron chi connectivity index (χ0n) is 11.5. The van der Waals surface area contributed by atoms with E-state index < -0.39 is 10.0 Å². The molecular weight excluding hydrogens is 343 g/mol. The van der Waals surface area contributed by atoms with Gasteiger partial charge in [0.05, 0.1) is 0 Å². The Morgan fingerprint density at radius 2 is 1.77 bits per heavy atom. The Morgan fingerprint density at radius 3 is 2.32 bits per heavy atom. The largest absolute Gasteiger partial charge is 0.243 e. The van der Waals surface area contributed by atoms with Crippen molar-refractivity contribution in [3.05, 3.63) is 58.3 Å². The quantitative estimate of drug-likeness (QED) is 0.828. The molecule has 0 spiro atoms. The number of rotatable bonds is 5. The summed E-state index contributed by atoms with van der Waals surface area (Å²) in [5, 5.41) is 0.887. The fourth-order valence-electron chi connectivity index (χ4n) is 2.29. The minimum Gasteiger partial charge on any atom is -0.243 e. The average molecular weight is 357 g/mol. The molecule has 0 saturated heterocycles. The highest BCUT2D eigenvalue weighted by Crippen LogP contribution is 2.41. The Labute approximate surface area is 139 Å². The topological polar surface area (TPSA) is 59.1 Å². The molecule has 3 rings (SSSR count). The number of aromatic nitrogens is 1. The van der Waals surface area contributed by atoms with Crippen LogP contribution in [0, 0.1) is 5.92 Å². The highest BCUT2D eigenvalue weighted by atomic mass is 35.5. The van der Waals surface area contributed by atoms with Crippen molar-refractivity contribution >= 4 is 33.2 Å². The monoisotopic (exact) mass is 356 g/mol. The first kappa shape index (κ1) is 15.7. The van der Waals surface area contributed by atoms with Crippen LogP contribution in [0.2, 0.25) is 10.2 Å². The number of halogens is 2. The van der Waals surface area contributed by atoms with Crippen LogP contribution in [0.4, 0.5) is 0 Å². The second-order valence-corrected chi connectivity index (χ2v) is 7.84. The number of nitrogens with one attached hydrogen (secondary N) is 1. The number of benzene rings is 1. The molecule has 1 heterocycles. The Kier molecular flexibility index (Phi) is 4.41. The van der Waals surface area contributed by atoms with Gasteiger partial charge in [0.1, 0.15) is 10.0 Å². The zero-order chi connectivity index (χ0) is 15.7. The SMILES string of the molecule is O=S(=O)(N[C@H](c1ccc(Cl)cc1)C1CC1)c1ccc(Cl)nc1. The van der Waals surface area contributed by atoms with Gasteiger partial charge in [0, 0.05) is 17.3 Å². The summed E-state index contributed by atoms with van der Waals surface area (Å²) in [7, 11) is -3.64. The highest BCUT2D eigenvalue weighted by molar-refractivity contribution is 7.89. The number of nitrogens with zero attached hydrogens (tertiary/aromatic N) is 1. The zero-order valence-corrected chi connectivity index (χ0v) is 13.9. The Balaban J connectivity index is 1.87. The average Bonchev–Trinajstić information content (AvgIpc) is 3.31. The molecule has 0 bridgehead atoms. The van der Waals surface area contributed by atoms with E-state index in [0.29, 0.717) is 10.9 Å². The predicted octanol–water partition coefficient (Wildman–Crippen LogP) is 3.82. The number of sulfonamides is 1. The molecule has 22 heavy (non-hydrogen) atoms. The number of hydrogen-bond acceptors (Lipinski definition) is 3. The summed E-state index contributed by atoms with van der Waals surface area (Å²) in [5.74, 6) is 0.316. The van der Waals surface area contributed by atoms with Crippen LogP contribution in [0.3, 0.4) is 0 Å². The highest BCUT2D eigenvalue weighted by Gasteiger charge is 2.35. The number of hydrogen-bond donors (Lipinski definition) is 1. The van der Waals surface area contributed by atoms with Crippen molar-refractivity contribution in [2.75, 3.05) is 0 Å². The van der Waals surface area contributed by atoms with E-state index in [1.165, 1.54) is 18.3 Å². The van der Waals surface area contributed by atoms with Crippen molar-refractivity contribution in [2.24, 2.45) is 5.92 Å². The van der Waals surface area contributed by atoms with Crippen LogP contribution in [0.25, 0.3) is 0 Å². The van der Waals surface area contributed by atoms with Gasteiger partial charge < -0.3 is 0 Å². The normalized spacial score (nSPS) is 16.5. The number of pyridine rings is 1. The lowest BCUT2D eigenvalue weighted by molar-refractivity contribution is 0.529. The molecule has 7 heteroatoms. The standard InChI is InChI=1S/C15H14Cl2N2O2S/c16-12-5-3-11(4-6-12)15(10-1-2-10)19-22(20,21)13-7-8-14(17)18-9-13/h3-10,15,19H,1-2H2/t15-/m0/s1. The molecular formula is C15H14Cl2N2O2S. The van der Waals surface area contributed by atoms with Gasteiger partial charge in [0.25, 0.3) is 0 Å². The Hall–Kier alpha value is -1.14. The first-order valence-corrected chi connectivity index (χ1v) is 9.09. The van der Waals surface area contributed by atoms with Crippen LogP contribution in [-0.2, 0) is 10.0 Å². The summed E-state index contributed by atoms with van der Waals surface area (Å²) >= 11 is 11.6. The molecule has 0 amide bonds. The molecule has 0 aliphatic heterocycles. The molecule has 116 valence electrons. The smallest absolute Gasteiger partial charge is 0.242 e. The van der Waals surface area contributed by atoms with Gasteiger partial charge >= 0.3 is 0 Å². The van der Waals surface area contributed by atoms with E-state index in [2.05, 4.69) is 9.71 Å². The molecule has 1 aliphatic carbocycles. The van der Waals surface area contributed by atoms with Gasteiger partial charge in [0.2, 0.25) is 10.0 Å². The third kappa shape index (κ3) is 3.60. The molecule has 1 aromatic carbocycles. The molecule has 1 N–H and O–H groups in total. The Bertz CT molecular complexity index is 757. The first-order valence-electron chi connectivity index (χ1n) is 6.85. The van der Waals surface area contributed by atoms with Gasteiger partial charge in [-0.05, 0) is 48.6 Å². The summed E-state index contributed by atoms with van der Waals surface area (Å²) in [6.45, 7) is 0. The molecule has 1 aromatic heterocycles. The van der Waals surface area contributed by atoms with E-state index in [0.717, 1.165) is 18.4 Å². The van der Waals surface area contributed by atoms with E-state index in [-0.39, 0.29) is 16.1 Å². The first-order chi connectivity index (χ1) is 10.5. The summed E-state index contributed by atoms with van der Waals surface area (Å²) in [5.41, 5.74) is 0.914. The van der Waals surface area contributed by atoms with Gasteiger partial charge in [-0.3, -0.25) is 0 Å². The summed E-state index contributed by atoms with van der Waals surface area (Å²) in [6.07, 6.45) is 3.28. The van der Waals surface area contributed by atoms with Crippen LogP contribution in [0.15, 0.2) is 47.5 Å². The van der Waals surface area contributed by atoms with E-state index in [1.54, 1.807) is 12.1 Å². The fourth-order valence-corrected chi connectivity index (χ4v) is 3.77. The van der Waals surface area contributed by atoms with E-state index in [4.69, 9.17) is 23.2 Å². The molecule has 1 saturated carbocycles. The lowest BCUT2D eigenvalue weighted by atomic mass is 10.0. The molecule has 2 aromatic rings. The fraction of sp³-hybridized carbons (Fsp3) is 0.267. The van der Waals surface area contributed by atoms with Crippen LogP contribution < -0.4 is 4.72 Å². The molecule has 1 fully saturated rings. The summed E-state index contributed by atoms with van der Waals surface area (Å²) in [6, 6.07) is 9.91. The van der Waals surface area contributed by atoms with E-state index >= 15 is 0 Å². The van der Waals surface area contributed by atoms with Crippen LogP contribution in [0.1, 0.15) is 24.4 Å². The third-order valence-electron chi connectivity index (χ3n) is 3.62.